The largest absolute Gasteiger partial charge is 0.457 e. The van der Waals surface area contributed by atoms with Gasteiger partial charge in [0.15, 0.2) is 12.4 Å². The van der Waals surface area contributed by atoms with Gasteiger partial charge in [0.1, 0.15) is 5.60 Å². The maximum atomic E-state index is 13.8. The van der Waals surface area contributed by atoms with E-state index in [1.165, 1.54) is 13.0 Å². The summed E-state index contributed by atoms with van der Waals surface area (Å²) in [5.41, 5.74) is -2.52. The number of hydrogen-bond donors (Lipinski definition) is 3. The predicted octanol–water partition coefficient (Wildman–Crippen LogP) is 3.66. The first-order chi connectivity index (χ1) is 19.2. The number of ether oxygens (including phenoxy) is 1. The van der Waals surface area contributed by atoms with Gasteiger partial charge in [0.2, 0.25) is 11.7 Å². The number of Topliss-reactive ketones (excluding diaryl/α,β-unsaturated/α-hetero) is 1. The van der Waals surface area contributed by atoms with Gasteiger partial charge in [0, 0.05) is 24.3 Å². The SMILES string of the molecule is CC(=O)NCC1CCC(C(=O)OCC(=O)[C@@]2(O)[C@@H](C)C[C@H]3[C@@H]4CCC5=CC(=O)C=C[C@]5(C)C4(Cl)[C@@H](O)C[C@@]32C)CC1. The normalized spacial score (nSPS) is 45.1. The van der Waals surface area contributed by atoms with Crippen molar-refractivity contribution in [1.82, 2.24) is 5.32 Å². The quantitative estimate of drug-likeness (QED) is 0.318. The highest BCUT2D eigenvalue weighted by molar-refractivity contribution is 6.26. The highest BCUT2D eigenvalue weighted by Crippen LogP contribution is 2.71. The molecule has 5 rings (SSSR count). The fraction of sp³-hybridized carbons (Fsp3) is 0.750. The summed E-state index contributed by atoms with van der Waals surface area (Å²) < 4.78 is 5.52. The van der Waals surface area contributed by atoms with Crippen LogP contribution in [-0.2, 0) is 23.9 Å². The average Bonchev–Trinajstić information content (AvgIpc) is 3.13. The molecule has 8 atom stereocenters. The summed E-state index contributed by atoms with van der Waals surface area (Å²) in [5.74, 6) is -1.79. The van der Waals surface area contributed by atoms with Gasteiger partial charge in [0.25, 0.3) is 0 Å². The molecule has 41 heavy (non-hydrogen) atoms. The number of nitrogens with one attached hydrogen (secondary N) is 1. The highest BCUT2D eigenvalue weighted by atomic mass is 35.5. The molecule has 4 saturated carbocycles. The summed E-state index contributed by atoms with van der Waals surface area (Å²) >= 11 is 7.46. The van der Waals surface area contributed by atoms with E-state index in [4.69, 9.17) is 16.3 Å². The first kappa shape index (κ1) is 30.4. The molecular weight excluding hydrogens is 546 g/mol. The third-order valence-corrected chi connectivity index (χ3v) is 12.7. The zero-order valence-electron chi connectivity index (χ0n) is 24.6. The van der Waals surface area contributed by atoms with Gasteiger partial charge in [-0.25, -0.2) is 0 Å². The molecule has 0 heterocycles. The Kier molecular flexibility index (Phi) is 7.87. The standard InChI is InChI=1S/C32H44ClNO7/c1-18-13-25-24-10-9-22-14-23(36)11-12-29(22,3)31(24,33)26(37)15-30(25,4)32(18,40)27(38)17-41-28(39)21-7-5-20(6-8-21)16-34-19(2)35/h11-12,14,18,20-21,24-26,37,40H,5-10,13,15-17H2,1-4H3,(H,34,35)/t18-,20?,21?,24-,25-,26-,29-,30-,31?,32-/m0/s1. The minimum atomic E-state index is -1.78. The van der Waals surface area contributed by atoms with Gasteiger partial charge >= 0.3 is 5.97 Å². The molecule has 226 valence electrons. The maximum absolute atomic E-state index is 13.8. The molecule has 0 saturated heterocycles. The number of aliphatic hydroxyl groups is 2. The van der Waals surface area contributed by atoms with Crippen LogP contribution in [0.4, 0.5) is 0 Å². The van der Waals surface area contributed by atoms with Crippen molar-refractivity contribution in [2.45, 2.75) is 95.6 Å². The van der Waals surface area contributed by atoms with Crippen LogP contribution in [0.2, 0.25) is 0 Å². The van der Waals surface area contributed by atoms with E-state index in [1.54, 1.807) is 6.08 Å². The molecule has 1 amide bonds. The van der Waals surface area contributed by atoms with Gasteiger partial charge in [-0.15, -0.1) is 11.6 Å². The molecule has 0 aromatic rings. The van der Waals surface area contributed by atoms with Crippen LogP contribution in [0.3, 0.4) is 0 Å². The number of ketones is 2. The smallest absolute Gasteiger partial charge is 0.309 e. The second-order valence-electron chi connectivity index (χ2n) is 13.9. The van der Waals surface area contributed by atoms with Crippen LogP contribution in [0.5, 0.6) is 0 Å². The molecule has 9 heteroatoms. The third-order valence-electron chi connectivity index (χ3n) is 11.8. The fourth-order valence-electron chi connectivity index (χ4n) is 9.40. The van der Waals surface area contributed by atoms with Crippen LogP contribution in [-0.4, -0.2) is 63.4 Å². The number of hydrogen-bond acceptors (Lipinski definition) is 7. The predicted molar refractivity (Wildman–Crippen MR) is 153 cm³/mol. The Morgan fingerprint density at radius 1 is 1.12 bits per heavy atom. The number of allylic oxidation sites excluding steroid dienone is 4. The Hall–Kier alpha value is -2.03. The number of alkyl halides is 1. The molecular formula is C32H44ClNO7. The molecule has 3 N–H and O–H groups in total. The van der Waals surface area contributed by atoms with Crippen molar-refractivity contribution < 1.29 is 34.1 Å². The van der Waals surface area contributed by atoms with Crippen LogP contribution in [0.25, 0.3) is 0 Å². The average molecular weight is 590 g/mol. The van der Waals surface area contributed by atoms with Gasteiger partial charge in [-0.3, -0.25) is 19.2 Å². The summed E-state index contributed by atoms with van der Waals surface area (Å²) in [5, 5.41) is 26.7. The molecule has 0 aromatic heterocycles. The van der Waals surface area contributed by atoms with Crippen molar-refractivity contribution in [1.29, 1.82) is 0 Å². The minimum Gasteiger partial charge on any atom is -0.457 e. The second kappa shape index (κ2) is 10.6. The lowest BCUT2D eigenvalue weighted by Crippen LogP contribution is -2.69. The zero-order valence-corrected chi connectivity index (χ0v) is 25.3. The third kappa shape index (κ3) is 4.54. The Morgan fingerprint density at radius 2 is 1.80 bits per heavy atom. The van der Waals surface area contributed by atoms with E-state index in [1.807, 2.05) is 26.8 Å². The van der Waals surface area contributed by atoms with Gasteiger partial charge in [-0.05, 0) is 87.2 Å². The number of carbonyl (C=O) groups is 4. The lowest BCUT2D eigenvalue weighted by Gasteiger charge is -2.63. The lowest BCUT2D eigenvalue weighted by molar-refractivity contribution is -0.183. The second-order valence-corrected chi connectivity index (χ2v) is 14.5. The van der Waals surface area contributed by atoms with Crippen LogP contribution >= 0.6 is 11.6 Å². The first-order valence-corrected chi connectivity index (χ1v) is 15.5. The Labute approximate surface area is 247 Å². The van der Waals surface area contributed by atoms with Gasteiger partial charge in [-0.1, -0.05) is 32.4 Å². The van der Waals surface area contributed by atoms with Gasteiger partial charge in [0.05, 0.1) is 16.9 Å². The van der Waals surface area contributed by atoms with E-state index >= 15 is 0 Å². The van der Waals surface area contributed by atoms with Crippen molar-refractivity contribution in [3.63, 3.8) is 0 Å². The Balaban J connectivity index is 1.29. The molecule has 0 bridgehead atoms. The van der Waals surface area contributed by atoms with Crippen molar-refractivity contribution in [2.75, 3.05) is 13.2 Å². The first-order valence-electron chi connectivity index (χ1n) is 15.2. The molecule has 0 aromatic carbocycles. The van der Waals surface area contributed by atoms with Crippen molar-refractivity contribution in [3.05, 3.63) is 23.8 Å². The Bertz CT molecular complexity index is 1190. The minimum absolute atomic E-state index is 0.0659. The summed E-state index contributed by atoms with van der Waals surface area (Å²) in [7, 11) is 0. The monoisotopic (exact) mass is 589 g/mol. The number of fused-ring (bicyclic) bond motifs is 5. The summed E-state index contributed by atoms with van der Waals surface area (Å²) in [6, 6.07) is 0. The molecule has 5 aliphatic rings. The van der Waals surface area contributed by atoms with Crippen LogP contribution < -0.4 is 5.32 Å². The topological polar surface area (TPSA) is 130 Å². The number of halogens is 1. The van der Waals surface area contributed by atoms with Crippen LogP contribution in [0, 0.1) is 40.4 Å². The van der Waals surface area contributed by atoms with E-state index in [-0.39, 0.29) is 35.9 Å². The maximum Gasteiger partial charge on any atom is 0.309 e. The number of carbonyl (C=O) groups excluding carboxylic acids is 4. The highest BCUT2D eigenvalue weighted by Gasteiger charge is 2.74. The molecule has 5 aliphatic carbocycles. The van der Waals surface area contributed by atoms with Crippen LogP contribution in [0.1, 0.15) is 79.1 Å². The summed E-state index contributed by atoms with van der Waals surface area (Å²) in [6.45, 7) is 7.30. The van der Waals surface area contributed by atoms with E-state index in [0.29, 0.717) is 44.6 Å². The Morgan fingerprint density at radius 3 is 2.46 bits per heavy atom. The summed E-state index contributed by atoms with van der Waals surface area (Å²) in [6.07, 6.45) is 8.85. The van der Waals surface area contributed by atoms with Crippen LogP contribution in [0.15, 0.2) is 23.8 Å². The van der Waals surface area contributed by atoms with Gasteiger partial charge < -0.3 is 20.3 Å². The molecule has 4 fully saturated rings. The van der Waals surface area contributed by atoms with E-state index in [9.17, 15) is 29.4 Å². The fourth-order valence-corrected chi connectivity index (χ4v) is 9.92. The van der Waals surface area contributed by atoms with Crippen molar-refractivity contribution in [3.8, 4) is 0 Å². The number of amides is 1. The van der Waals surface area contributed by atoms with E-state index < -0.39 is 51.7 Å². The molecule has 0 spiro atoms. The van der Waals surface area contributed by atoms with Crippen molar-refractivity contribution in [2.24, 2.45) is 40.4 Å². The number of esters is 1. The molecule has 0 radical (unpaired) electrons. The molecule has 8 nitrogen and oxygen atoms in total. The number of rotatable bonds is 6. The summed E-state index contributed by atoms with van der Waals surface area (Å²) in [4.78, 5) is 48.9. The number of aliphatic hydroxyl groups excluding tert-OH is 1. The molecule has 1 unspecified atom stereocenters. The van der Waals surface area contributed by atoms with Gasteiger partial charge in [-0.2, -0.15) is 0 Å². The van der Waals surface area contributed by atoms with E-state index in [0.717, 1.165) is 18.4 Å². The molecule has 0 aliphatic heterocycles. The zero-order chi connectivity index (χ0) is 30.0. The van der Waals surface area contributed by atoms with Crippen molar-refractivity contribution >= 4 is 35.0 Å². The lowest BCUT2D eigenvalue weighted by atomic mass is 9.45. The van der Waals surface area contributed by atoms with E-state index in [2.05, 4.69) is 5.32 Å².